The third kappa shape index (κ3) is 3.39. The zero-order chi connectivity index (χ0) is 12.3. The average molecular weight is 251 g/mol. The molecule has 1 aromatic rings. The summed E-state index contributed by atoms with van der Waals surface area (Å²) in [5.41, 5.74) is 8.57. The topological polar surface area (TPSA) is 35.2 Å². The molecule has 0 aromatic heterocycles. The van der Waals surface area contributed by atoms with Crippen LogP contribution in [0.25, 0.3) is 0 Å². The van der Waals surface area contributed by atoms with Gasteiger partial charge in [0.25, 0.3) is 0 Å². The number of hydrogen-bond donors (Lipinski definition) is 1. The molecule has 1 aliphatic rings. The van der Waals surface area contributed by atoms with Gasteiger partial charge >= 0.3 is 0 Å². The Labute approximate surface area is 108 Å². The van der Waals surface area contributed by atoms with Crippen LogP contribution in [0.2, 0.25) is 0 Å². The summed E-state index contributed by atoms with van der Waals surface area (Å²) in [6.07, 6.45) is 2.43. The van der Waals surface area contributed by atoms with Crippen molar-refractivity contribution < 1.29 is 4.74 Å². The lowest BCUT2D eigenvalue weighted by atomic mass is 10.1. The Morgan fingerprint density at radius 1 is 1.53 bits per heavy atom. The number of ether oxygens (including phenoxy) is 1. The smallest absolute Gasteiger partial charge is 0.123 e. The van der Waals surface area contributed by atoms with Gasteiger partial charge in [-0.15, -0.1) is 0 Å². The van der Waals surface area contributed by atoms with Gasteiger partial charge in [0, 0.05) is 24.0 Å². The van der Waals surface area contributed by atoms with E-state index in [2.05, 4.69) is 32.0 Å². The highest BCUT2D eigenvalue weighted by atomic mass is 32.2. The summed E-state index contributed by atoms with van der Waals surface area (Å²) in [5.74, 6) is 3.15. The first-order valence-corrected chi connectivity index (χ1v) is 7.44. The normalized spacial score (nSPS) is 19.8. The average Bonchev–Trinajstić information content (AvgIpc) is 2.70. The maximum atomic E-state index is 5.92. The van der Waals surface area contributed by atoms with Crippen molar-refractivity contribution in [1.29, 1.82) is 0 Å². The van der Waals surface area contributed by atoms with Crippen LogP contribution in [-0.4, -0.2) is 23.7 Å². The lowest BCUT2D eigenvalue weighted by molar-refractivity contribution is 0.259. The number of hydrogen-bond acceptors (Lipinski definition) is 3. The molecule has 94 valence electrons. The van der Waals surface area contributed by atoms with Crippen LogP contribution in [0.4, 0.5) is 0 Å². The first-order chi connectivity index (χ1) is 8.19. The van der Waals surface area contributed by atoms with Crippen molar-refractivity contribution in [3.05, 3.63) is 29.3 Å². The molecule has 2 rings (SSSR count). The zero-order valence-electron chi connectivity index (χ0n) is 10.6. The molecule has 3 heteroatoms. The Kier molecular flexibility index (Phi) is 4.35. The van der Waals surface area contributed by atoms with Crippen molar-refractivity contribution in [1.82, 2.24) is 0 Å². The second kappa shape index (κ2) is 5.78. The molecule has 0 saturated carbocycles. The molecule has 0 aliphatic carbocycles. The first kappa shape index (κ1) is 12.8. The lowest BCUT2D eigenvalue weighted by Gasteiger charge is -2.12. The molecule has 0 saturated heterocycles. The summed E-state index contributed by atoms with van der Waals surface area (Å²) in [7, 11) is 0. The summed E-state index contributed by atoms with van der Waals surface area (Å²) in [5, 5.41) is 0. The van der Waals surface area contributed by atoms with E-state index in [1.165, 1.54) is 11.1 Å². The number of fused-ring (bicyclic) bond motifs is 1. The van der Waals surface area contributed by atoms with Crippen LogP contribution in [-0.2, 0) is 6.42 Å². The minimum atomic E-state index is 0.325. The molecular formula is C14H21NOS. The van der Waals surface area contributed by atoms with E-state index >= 15 is 0 Å². The van der Waals surface area contributed by atoms with Crippen LogP contribution in [0.1, 0.15) is 24.5 Å². The summed E-state index contributed by atoms with van der Waals surface area (Å²) in [4.78, 5) is 0. The first-order valence-electron chi connectivity index (χ1n) is 6.28. The molecule has 0 spiro atoms. The summed E-state index contributed by atoms with van der Waals surface area (Å²) in [6.45, 7) is 4.26. The van der Waals surface area contributed by atoms with Crippen LogP contribution in [0.5, 0.6) is 5.75 Å². The van der Waals surface area contributed by atoms with E-state index < -0.39 is 0 Å². The van der Waals surface area contributed by atoms with Crippen LogP contribution < -0.4 is 10.5 Å². The van der Waals surface area contributed by atoms with Gasteiger partial charge < -0.3 is 10.5 Å². The number of benzene rings is 1. The van der Waals surface area contributed by atoms with Crippen molar-refractivity contribution in [3.63, 3.8) is 0 Å². The number of thioether (sulfide) groups is 1. The Hall–Kier alpha value is -0.670. The minimum Gasteiger partial charge on any atom is -0.489 e. The van der Waals surface area contributed by atoms with Gasteiger partial charge in [-0.05, 0) is 25.0 Å². The molecule has 2 unspecified atom stereocenters. The van der Waals surface area contributed by atoms with E-state index in [1.807, 2.05) is 11.8 Å². The lowest BCUT2D eigenvalue weighted by Crippen LogP contribution is -2.23. The number of rotatable bonds is 5. The second-order valence-corrected chi connectivity index (χ2v) is 5.84. The van der Waals surface area contributed by atoms with E-state index in [-0.39, 0.29) is 0 Å². The molecule has 1 aliphatic heterocycles. The third-order valence-corrected chi connectivity index (χ3v) is 4.39. The van der Waals surface area contributed by atoms with Crippen molar-refractivity contribution in [2.45, 2.75) is 38.8 Å². The number of nitrogens with two attached hydrogens (primary N) is 1. The molecule has 0 bridgehead atoms. The molecule has 0 fully saturated rings. The van der Waals surface area contributed by atoms with Gasteiger partial charge in [-0.3, -0.25) is 0 Å². The highest BCUT2D eigenvalue weighted by Gasteiger charge is 2.22. The van der Waals surface area contributed by atoms with Crippen LogP contribution in [0.15, 0.2) is 18.2 Å². The SMILES string of the molecule is CCC(N)CSCC1Cc2cc(C)ccc2O1. The van der Waals surface area contributed by atoms with Gasteiger partial charge in [0.05, 0.1) is 0 Å². The van der Waals surface area contributed by atoms with Crippen molar-refractivity contribution in [2.75, 3.05) is 11.5 Å². The van der Waals surface area contributed by atoms with Crippen molar-refractivity contribution in [3.8, 4) is 5.75 Å². The largest absolute Gasteiger partial charge is 0.489 e. The predicted molar refractivity (Wildman–Crippen MR) is 74.9 cm³/mol. The Morgan fingerprint density at radius 3 is 3.12 bits per heavy atom. The van der Waals surface area contributed by atoms with E-state index in [0.717, 1.165) is 30.1 Å². The summed E-state index contributed by atoms with van der Waals surface area (Å²) in [6, 6.07) is 6.76. The predicted octanol–water partition coefficient (Wildman–Crippen LogP) is 2.77. The minimum absolute atomic E-state index is 0.325. The van der Waals surface area contributed by atoms with Gasteiger partial charge in [-0.1, -0.05) is 24.6 Å². The van der Waals surface area contributed by atoms with Crippen LogP contribution in [0, 0.1) is 6.92 Å². The zero-order valence-corrected chi connectivity index (χ0v) is 11.4. The number of aryl methyl sites for hydroxylation is 1. The molecule has 1 aromatic carbocycles. The molecule has 0 amide bonds. The molecule has 1 heterocycles. The molecule has 2 N–H and O–H groups in total. The van der Waals surface area contributed by atoms with Crippen molar-refractivity contribution >= 4 is 11.8 Å². The van der Waals surface area contributed by atoms with Crippen LogP contribution >= 0.6 is 11.8 Å². The van der Waals surface area contributed by atoms with Gasteiger partial charge in [0.1, 0.15) is 11.9 Å². The third-order valence-electron chi connectivity index (χ3n) is 3.12. The standard InChI is InChI=1S/C14H21NOS/c1-3-12(15)8-17-9-13-7-11-6-10(2)4-5-14(11)16-13/h4-6,12-13H,3,7-9,15H2,1-2H3. The highest BCUT2D eigenvalue weighted by Crippen LogP contribution is 2.30. The Morgan fingerprint density at radius 2 is 2.35 bits per heavy atom. The van der Waals surface area contributed by atoms with E-state index in [1.54, 1.807) is 0 Å². The maximum absolute atomic E-state index is 5.92. The molecule has 17 heavy (non-hydrogen) atoms. The van der Waals surface area contributed by atoms with Crippen molar-refractivity contribution in [2.24, 2.45) is 5.73 Å². The van der Waals surface area contributed by atoms with E-state index in [9.17, 15) is 0 Å². The summed E-state index contributed by atoms with van der Waals surface area (Å²) >= 11 is 1.91. The van der Waals surface area contributed by atoms with Gasteiger partial charge in [0.15, 0.2) is 0 Å². The van der Waals surface area contributed by atoms with Crippen LogP contribution in [0.3, 0.4) is 0 Å². The van der Waals surface area contributed by atoms with E-state index in [0.29, 0.717) is 12.1 Å². The maximum Gasteiger partial charge on any atom is 0.123 e. The molecular weight excluding hydrogens is 230 g/mol. The fraction of sp³-hybridized carbons (Fsp3) is 0.571. The molecule has 2 atom stereocenters. The molecule has 2 nitrogen and oxygen atoms in total. The summed E-state index contributed by atoms with van der Waals surface area (Å²) < 4.78 is 5.92. The van der Waals surface area contributed by atoms with Gasteiger partial charge in [0.2, 0.25) is 0 Å². The Balaban J connectivity index is 1.80. The quantitative estimate of drug-likeness (QED) is 0.874. The fourth-order valence-corrected chi connectivity index (χ4v) is 3.13. The monoisotopic (exact) mass is 251 g/mol. The van der Waals surface area contributed by atoms with E-state index in [4.69, 9.17) is 10.5 Å². The fourth-order valence-electron chi connectivity index (χ4n) is 2.01. The van der Waals surface area contributed by atoms with Gasteiger partial charge in [-0.25, -0.2) is 0 Å². The Bertz CT molecular complexity index is 380. The van der Waals surface area contributed by atoms with Gasteiger partial charge in [-0.2, -0.15) is 11.8 Å². The molecule has 0 radical (unpaired) electrons. The second-order valence-electron chi connectivity index (χ2n) is 4.76. The highest BCUT2D eigenvalue weighted by molar-refractivity contribution is 7.99.